The predicted octanol–water partition coefficient (Wildman–Crippen LogP) is 7.41. The standard InChI is InChI=1S/C32H25ClF3NO3/c1-30(2,3)29(40)26-25(17-8-11-19(12-9-17)32(34,35)36)31(27(38)21-6-4-5-7-22(21)28(31)39)24-15-10-18-16-20(33)13-14-23(18)37(24)26/h4-16,24-26H,1-3H3/t24-,25-,26+/m0/s1. The molecular formula is C32H25ClF3NO3. The molecule has 0 bridgehead atoms. The summed E-state index contributed by atoms with van der Waals surface area (Å²) in [6.07, 6.45) is -1.02. The Bertz CT molecular complexity index is 1580. The second-order valence-electron chi connectivity index (χ2n) is 11.6. The number of benzene rings is 3. The normalized spacial score (nSPS) is 22.9. The van der Waals surface area contributed by atoms with Crippen molar-refractivity contribution in [3.05, 3.63) is 106 Å². The maximum Gasteiger partial charge on any atom is 0.416 e. The molecule has 204 valence electrons. The van der Waals surface area contributed by atoms with Gasteiger partial charge in [-0.05, 0) is 41.5 Å². The zero-order valence-corrected chi connectivity index (χ0v) is 22.7. The van der Waals surface area contributed by atoms with E-state index in [-0.39, 0.29) is 16.9 Å². The van der Waals surface area contributed by atoms with Crippen molar-refractivity contribution in [1.82, 2.24) is 0 Å². The smallest absolute Gasteiger partial charge is 0.352 e. The van der Waals surface area contributed by atoms with Crippen molar-refractivity contribution >= 4 is 40.7 Å². The van der Waals surface area contributed by atoms with E-state index < -0.39 is 52.1 Å². The zero-order valence-electron chi connectivity index (χ0n) is 21.9. The summed E-state index contributed by atoms with van der Waals surface area (Å²) < 4.78 is 40.5. The van der Waals surface area contributed by atoms with Gasteiger partial charge in [0.25, 0.3) is 0 Å². The lowest BCUT2D eigenvalue weighted by Crippen LogP contribution is -2.49. The molecular weight excluding hydrogens is 539 g/mol. The molecule has 3 aliphatic rings. The van der Waals surface area contributed by atoms with E-state index in [0.29, 0.717) is 21.8 Å². The Labute approximate surface area is 234 Å². The third-order valence-electron chi connectivity index (χ3n) is 8.37. The van der Waals surface area contributed by atoms with Gasteiger partial charge in [0, 0.05) is 33.2 Å². The number of halogens is 4. The van der Waals surface area contributed by atoms with E-state index in [1.54, 1.807) is 75.4 Å². The summed E-state index contributed by atoms with van der Waals surface area (Å²) in [6.45, 7) is 5.28. The topological polar surface area (TPSA) is 54.5 Å². The Morgan fingerprint density at radius 3 is 2.05 bits per heavy atom. The number of fused-ring (bicyclic) bond motifs is 5. The van der Waals surface area contributed by atoms with E-state index in [9.17, 15) is 27.6 Å². The van der Waals surface area contributed by atoms with Crippen LogP contribution >= 0.6 is 11.6 Å². The van der Waals surface area contributed by atoms with Crippen molar-refractivity contribution < 1.29 is 27.6 Å². The molecule has 0 saturated carbocycles. The summed E-state index contributed by atoms with van der Waals surface area (Å²) >= 11 is 6.28. The average Bonchev–Trinajstić information content (AvgIpc) is 3.33. The van der Waals surface area contributed by atoms with Gasteiger partial charge in [-0.15, -0.1) is 0 Å². The van der Waals surface area contributed by atoms with Crippen LogP contribution in [0.3, 0.4) is 0 Å². The highest BCUT2D eigenvalue weighted by Crippen LogP contribution is 2.61. The number of ketones is 3. The Balaban J connectivity index is 1.67. The van der Waals surface area contributed by atoms with Crippen molar-refractivity contribution in [2.24, 2.45) is 10.8 Å². The summed E-state index contributed by atoms with van der Waals surface area (Å²) in [5, 5.41) is 0.481. The molecule has 0 N–H and O–H groups in total. The highest BCUT2D eigenvalue weighted by atomic mass is 35.5. The van der Waals surface area contributed by atoms with Crippen molar-refractivity contribution in [2.45, 2.75) is 44.9 Å². The Kier molecular flexibility index (Phi) is 5.73. The quantitative estimate of drug-likeness (QED) is 0.305. The van der Waals surface area contributed by atoms with Crippen LogP contribution < -0.4 is 4.90 Å². The molecule has 1 fully saturated rings. The Morgan fingerprint density at radius 1 is 0.900 bits per heavy atom. The van der Waals surface area contributed by atoms with Crippen LogP contribution in [0.25, 0.3) is 6.08 Å². The molecule has 0 amide bonds. The number of Topliss-reactive ketones (excluding diaryl/α,β-unsaturated/α-hetero) is 3. The van der Waals surface area contributed by atoms with Crippen LogP contribution in [0.5, 0.6) is 0 Å². The van der Waals surface area contributed by atoms with Gasteiger partial charge in [0.05, 0.1) is 17.6 Å². The molecule has 2 aliphatic heterocycles. The molecule has 8 heteroatoms. The third-order valence-corrected chi connectivity index (χ3v) is 8.61. The van der Waals surface area contributed by atoms with Crippen LogP contribution in [-0.4, -0.2) is 29.4 Å². The van der Waals surface area contributed by atoms with E-state index in [4.69, 9.17) is 11.6 Å². The van der Waals surface area contributed by atoms with E-state index in [1.165, 1.54) is 12.1 Å². The van der Waals surface area contributed by atoms with E-state index >= 15 is 0 Å². The van der Waals surface area contributed by atoms with Gasteiger partial charge in [0.15, 0.2) is 17.3 Å². The number of carbonyl (C=O) groups excluding carboxylic acids is 3. The molecule has 1 aliphatic carbocycles. The Hall–Kier alpha value is -3.71. The van der Waals surface area contributed by atoms with Gasteiger partial charge in [0.2, 0.25) is 0 Å². The SMILES string of the molecule is CC(C)(C)C(=O)[C@H]1[C@H](c2ccc(C(F)(F)F)cc2)C2(C(=O)c3ccccc3C2=O)[C@@H]2C=Cc3cc(Cl)ccc3N21. The summed E-state index contributed by atoms with van der Waals surface area (Å²) in [4.78, 5) is 45.1. The highest BCUT2D eigenvalue weighted by Gasteiger charge is 2.71. The second-order valence-corrected chi connectivity index (χ2v) is 12.1. The minimum Gasteiger partial charge on any atom is -0.352 e. The molecule has 6 rings (SSSR count). The molecule has 3 aromatic carbocycles. The number of nitrogens with zero attached hydrogens (tertiary/aromatic N) is 1. The highest BCUT2D eigenvalue weighted by molar-refractivity contribution is 6.32. The van der Waals surface area contributed by atoms with Crippen LogP contribution in [0.15, 0.2) is 72.8 Å². The minimum absolute atomic E-state index is 0.230. The van der Waals surface area contributed by atoms with Gasteiger partial charge in [-0.25, -0.2) is 0 Å². The van der Waals surface area contributed by atoms with Gasteiger partial charge in [-0.3, -0.25) is 14.4 Å². The lowest BCUT2D eigenvalue weighted by Gasteiger charge is -2.38. The van der Waals surface area contributed by atoms with Crippen molar-refractivity contribution in [1.29, 1.82) is 0 Å². The number of rotatable bonds is 2. The first-order valence-corrected chi connectivity index (χ1v) is 13.3. The van der Waals surface area contributed by atoms with Gasteiger partial charge in [-0.2, -0.15) is 13.2 Å². The fourth-order valence-corrected chi connectivity index (χ4v) is 6.82. The van der Waals surface area contributed by atoms with Gasteiger partial charge >= 0.3 is 6.18 Å². The van der Waals surface area contributed by atoms with E-state index in [1.807, 2.05) is 4.90 Å². The second kappa shape index (κ2) is 8.64. The summed E-state index contributed by atoms with van der Waals surface area (Å²) in [5.41, 5.74) is -1.33. The van der Waals surface area contributed by atoms with Crippen LogP contribution in [0.4, 0.5) is 18.9 Å². The molecule has 40 heavy (non-hydrogen) atoms. The molecule has 3 atom stereocenters. The van der Waals surface area contributed by atoms with Crippen molar-refractivity contribution in [3.8, 4) is 0 Å². The van der Waals surface area contributed by atoms with Crippen LogP contribution in [0, 0.1) is 10.8 Å². The predicted molar refractivity (Wildman–Crippen MR) is 147 cm³/mol. The fourth-order valence-electron chi connectivity index (χ4n) is 6.64. The minimum atomic E-state index is -4.57. The van der Waals surface area contributed by atoms with E-state index in [0.717, 1.165) is 12.1 Å². The molecule has 2 heterocycles. The zero-order chi connectivity index (χ0) is 28.8. The number of hydrogen-bond acceptors (Lipinski definition) is 4. The average molecular weight is 564 g/mol. The van der Waals surface area contributed by atoms with Gasteiger partial charge in [0.1, 0.15) is 5.41 Å². The largest absolute Gasteiger partial charge is 0.416 e. The summed E-state index contributed by atoms with van der Waals surface area (Å²) in [7, 11) is 0. The third kappa shape index (κ3) is 3.56. The fraction of sp³-hybridized carbons (Fsp3) is 0.281. The van der Waals surface area contributed by atoms with Crippen molar-refractivity contribution in [3.63, 3.8) is 0 Å². The molecule has 0 aromatic heterocycles. The first-order valence-electron chi connectivity index (χ1n) is 12.9. The van der Waals surface area contributed by atoms with Crippen LogP contribution in [-0.2, 0) is 11.0 Å². The molecule has 0 unspecified atom stereocenters. The summed E-state index contributed by atoms with van der Waals surface area (Å²) in [6, 6.07) is 14.3. The molecule has 1 saturated heterocycles. The number of alkyl halides is 3. The van der Waals surface area contributed by atoms with Crippen LogP contribution in [0.2, 0.25) is 5.02 Å². The summed E-state index contributed by atoms with van der Waals surface area (Å²) in [5.74, 6) is -2.14. The van der Waals surface area contributed by atoms with Gasteiger partial charge in [-0.1, -0.05) is 80.9 Å². The number of anilines is 1. The van der Waals surface area contributed by atoms with Gasteiger partial charge < -0.3 is 4.90 Å². The maximum absolute atomic E-state index is 14.5. The molecule has 0 radical (unpaired) electrons. The lowest BCUT2D eigenvalue weighted by molar-refractivity contribution is -0.137. The molecule has 1 spiro atoms. The maximum atomic E-state index is 14.5. The number of carbonyl (C=O) groups is 3. The van der Waals surface area contributed by atoms with E-state index in [2.05, 4.69) is 0 Å². The molecule has 4 nitrogen and oxygen atoms in total. The Morgan fingerprint density at radius 2 is 1.50 bits per heavy atom. The first kappa shape index (κ1) is 26.5. The first-order chi connectivity index (χ1) is 18.8. The van der Waals surface area contributed by atoms with Crippen LogP contribution in [0.1, 0.15) is 64.1 Å². The number of hydrogen-bond donors (Lipinski definition) is 0. The lowest BCUT2D eigenvalue weighted by atomic mass is 9.63. The molecule has 3 aromatic rings. The van der Waals surface area contributed by atoms with Crippen molar-refractivity contribution in [2.75, 3.05) is 4.90 Å². The monoisotopic (exact) mass is 563 g/mol.